The van der Waals surface area contributed by atoms with Crippen molar-refractivity contribution in [3.63, 3.8) is 0 Å². The first-order valence-electron chi connectivity index (χ1n) is 6.46. The molecule has 0 spiro atoms. The number of carbonyl (C=O) groups excluding carboxylic acids is 1. The van der Waals surface area contributed by atoms with E-state index in [4.69, 9.17) is 27.6 Å². The number of hydrogen-bond acceptors (Lipinski definition) is 3. The molecule has 1 aromatic carbocycles. The summed E-state index contributed by atoms with van der Waals surface area (Å²) in [6.45, 7) is 2.37. The number of hydrogen-bond donors (Lipinski definition) is 1. The summed E-state index contributed by atoms with van der Waals surface area (Å²) in [6, 6.07) is 8.32. The molecule has 6 heteroatoms. The third-order valence-electron chi connectivity index (χ3n) is 3.21. The van der Waals surface area contributed by atoms with Crippen LogP contribution in [-0.4, -0.2) is 23.9 Å². The highest BCUT2D eigenvalue weighted by molar-refractivity contribution is 6.36. The van der Waals surface area contributed by atoms with Crippen LogP contribution in [0.2, 0.25) is 10.0 Å². The first-order valence-corrected chi connectivity index (χ1v) is 7.21. The molecule has 1 atom stereocenters. The van der Waals surface area contributed by atoms with E-state index in [1.165, 1.54) is 0 Å². The van der Waals surface area contributed by atoms with Gasteiger partial charge < -0.3 is 9.73 Å². The maximum atomic E-state index is 12.2. The second-order valence-corrected chi connectivity index (χ2v) is 5.63. The zero-order valence-electron chi connectivity index (χ0n) is 11.8. The molecule has 0 aliphatic heterocycles. The Morgan fingerprint density at radius 3 is 2.76 bits per heavy atom. The Labute approximate surface area is 133 Å². The lowest BCUT2D eigenvalue weighted by Crippen LogP contribution is -2.39. The summed E-state index contributed by atoms with van der Waals surface area (Å²) >= 11 is 11.9. The van der Waals surface area contributed by atoms with Crippen LogP contribution in [0.15, 0.2) is 41.0 Å². The van der Waals surface area contributed by atoms with Crippen LogP contribution < -0.4 is 5.32 Å². The van der Waals surface area contributed by atoms with Gasteiger partial charge in [-0.3, -0.25) is 9.69 Å². The topological polar surface area (TPSA) is 45.5 Å². The first kappa shape index (κ1) is 15.9. The molecule has 0 aliphatic rings. The van der Waals surface area contributed by atoms with E-state index in [9.17, 15) is 4.79 Å². The van der Waals surface area contributed by atoms with Crippen molar-refractivity contribution in [2.24, 2.45) is 0 Å². The van der Waals surface area contributed by atoms with Crippen LogP contribution >= 0.6 is 23.2 Å². The fourth-order valence-corrected chi connectivity index (χ4v) is 2.27. The van der Waals surface area contributed by atoms with E-state index in [0.717, 1.165) is 5.76 Å². The minimum atomic E-state index is -0.332. The molecular weight excluding hydrogens is 311 g/mol. The van der Waals surface area contributed by atoms with Crippen molar-refractivity contribution >= 4 is 34.8 Å². The SMILES string of the molecule is C[C@H](C(=O)Nc1ccc(Cl)cc1Cl)N(C)Cc1ccco1. The summed E-state index contributed by atoms with van der Waals surface area (Å²) in [7, 11) is 1.86. The summed E-state index contributed by atoms with van der Waals surface area (Å²) in [5.41, 5.74) is 0.546. The minimum Gasteiger partial charge on any atom is -0.468 e. The Bertz CT molecular complexity index is 614. The van der Waals surface area contributed by atoms with Crippen molar-refractivity contribution in [1.29, 1.82) is 0 Å². The number of nitrogens with zero attached hydrogens (tertiary/aromatic N) is 1. The minimum absolute atomic E-state index is 0.145. The summed E-state index contributed by atoms with van der Waals surface area (Å²) in [6.07, 6.45) is 1.61. The van der Waals surface area contributed by atoms with Gasteiger partial charge in [0.15, 0.2) is 0 Å². The molecule has 0 radical (unpaired) electrons. The summed E-state index contributed by atoms with van der Waals surface area (Å²) < 4.78 is 5.28. The van der Waals surface area contributed by atoms with E-state index >= 15 is 0 Å². The van der Waals surface area contributed by atoms with E-state index in [2.05, 4.69) is 5.32 Å². The predicted octanol–water partition coefficient (Wildman–Crippen LogP) is 4.05. The van der Waals surface area contributed by atoms with E-state index in [1.54, 1.807) is 24.5 Å². The molecule has 2 aromatic rings. The van der Waals surface area contributed by atoms with Crippen molar-refractivity contribution in [2.75, 3.05) is 12.4 Å². The second-order valence-electron chi connectivity index (χ2n) is 4.78. The van der Waals surface area contributed by atoms with Crippen molar-refractivity contribution in [1.82, 2.24) is 4.90 Å². The number of furan rings is 1. The third-order valence-corrected chi connectivity index (χ3v) is 3.76. The molecule has 0 bridgehead atoms. The normalized spacial score (nSPS) is 12.4. The monoisotopic (exact) mass is 326 g/mol. The molecule has 1 aromatic heterocycles. The molecule has 1 heterocycles. The molecule has 0 aliphatic carbocycles. The largest absolute Gasteiger partial charge is 0.468 e. The number of rotatable bonds is 5. The molecule has 0 unspecified atom stereocenters. The van der Waals surface area contributed by atoms with Gasteiger partial charge in [0, 0.05) is 5.02 Å². The van der Waals surface area contributed by atoms with E-state index in [0.29, 0.717) is 22.3 Å². The van der Waals surface area contributed by atoms with Crippen molar-refractivity contribution in [3.05, 3.63) is 52.4 Å². The predicted molar refractivity (Wildman–Crippen MR) is 84.7 cm³/mol. The summed E-state index contributed by atoms with van der Waals surface area (Å²) in [4.78, 5) is 14.1. The van der Waals surface area contributed by atoms with E-state index in [1.807, 2.05) is 31.0 Å². The maximum Gasteiger partial charge on any atom is 0.241 e. The lowest BCUT2D eigenvalue weighted by Gasteiger charge is -2.23. The van der Waals surface area contributed by atoms with Gasteiger partial charge in [-0.15, -0.1) is 0 Å². The van der Waals surface area contributed by atoms with Gasteiger partial charge in [-0.2, -0.15) is 0 Å². The summed E-state index contributed by atoms with van der Waals surface area (Å²) in [5.74, 6) is 0.662. The van der Waals surface area contributed by atoms with Gasteiger partial charge in [0.25, 0.3) is 0 Å². The molecule has 0 saturated heterocycles. The molecular formula is C15H16Cl2N2O2. The van der Waals surface area contributed by atoms with Crippen LogP contribution in [0.25, 0.3) is 0 Å². The number of likely N-dealkylation sites (N-methyl/N-ethyl adjacent to an activating group) is 1. The van der Waals surface area contributed by atoms with Crippen LogP contribution in [0.4, 0.5) is 5.69 Å². The summed E-state index contributed by atoms with van der Waals surface area (Å²) in [5, 5.41) is 3.74. The highest BCUT2D eigenvalue weighted by atomic mass is 35.5. The Hall–Kier alpha value is -1.49. The quantitative estimate of drug-likeness (QED) is 0.901. The van der Waals surface area contributed by atoms with Crippen molar-refractivity contribution in [3.8, 4) is 0 Å². The number of amides is 1. The highest BCUT2D eigenvalue weighted by Crippen LogP contribution is 2.25. The lowest BCUT2D eigenvalue weighted by molar-refractivity contribution is -0.120. The van der Waals surface area contributed by atoms with E-state index < -0.39 is 0 Å². The fourth-order valence-electron chi connectivity index (χ4n) is 1.81. The Morgan fingerprint density at radius 2 is 2.14 bits per heavy atom. The standard InChI is InChI=1S/C15H16Cl2N2O2/c1-10(19(2)9-12-4-3-7-21-12)15(20)18-14-6-5-11(16)8-13(14)17/h3-8,10H,9H2,1-2H3,(H,18,20)/t10-/m1/s1. The molecule has 1 amide bonds. The van der Waals surface area contributed by atoms with Gasteiger partial charge in [0.1, 0.15) is 5.76 Å². The van der Waals surface area contributed by atoms with Crippen molar-refractivity contribution < 1.29 is 9.21 Å². The zero-order valence-corrected chi connectivity index (χ0v) is 13.3. The second kappa shape index (κ2) is 6.98. The highest BCUT2D eigenvalue weighted by Gasteiger charge is 2.19. The Kier molecular flexibility index (Phi) is 5.28. The van der Waals surface area contributed by atoms with Crippen LogP contribution in [0.3, 0.4) is 0 Å². The van der Waals surface area contributed by atoms with Crippen LogP contribution in [-0.2, 0) is 11.3 Å². The molecule has 112 valence electrons. The van der Waals surface area contributed by atoms with Gasteiger partial charge in [0.2, 0.25) is 5.91 Å². The molecule has 21 heavy (non-hydrogen) atoms. The van der Waals surface area contributed by atoms with Crippen LogP contribution in [0.1, 0.15) is 12.7 Å². The van der Waals surface area contributed by atoms with Gasteiger partial charge in [-0.1, -0.05) is 23.2 Å². The third kappa shape index (κ3) is 4.24. The zero-order chi connectivity index (χ0) is 15.4. The number of benzene rings is 1. The van der Waals surface area contributed by atoms with Gasteiger partial charge in [-0.25, -0.2) is 0 Å². The van der Waals surface area contributed by atoms with Crippen molar-refractivity contribution in [2.45, 2.75) is 19.5 Å². The van der Waals surface area contributed by atoms with Gasteiger partial charge in [-0.05, 0) is 44.3 Å². The van der Waals surface area contributed by atoms with E-state index in [-0.39, 0.29) is 11.9 Å². The average Bonchev–Trinajstić information content (AvgIpc) is 2.93. The number of carbonyl (C=O) groups is 1. The lowest BCUT2D eigenvalue weighted by atomic mass is 10.2. The molecule has 0 fully saturated rings. The maximum absolute atomic E-state index is 12.2. The molecule has 4 nitrogen and oxygen atoms in total. The molecule has 1 N–H and O–H groups in total. The molecule has 2 rings (SSSR count). The number of nitrogens with one attached hydrogen (secondary N) is 1. The Balaban J connectivity index is 1.98. The van der Waals surface area contributed by atoms with Crippen LogP contribution in [0, 0.1) is 0 Å². The smallest absolute Gasteiger partial charge is 0.241 e. The van der Waals surface area contributed by atoms with Gasteiger partial charge in [0.05, 0.1) is 29.6 Å². The Morgan fingerprint density at radius 1 is 1.38 bits per heavy atom. The fraction of sp³-hybridized carbons (Fsp3) is 0.267. The van der Waals surface area contributed by atoms with Gasteiger partial charge >= 0.3 is 0 Å². The number of anilines is 1. The first-order chi connectivity index (χ1) is 9.97. The average molecular weight is 327 g/mol. The number of halogens is 2. The van der Waals surface area contributed by atoms with Crippen LogP contribution in [0.5, 0.6) is 0 Å². The molecule has 0 saturated carbocycles.